The molecule has 164 valence electrons. The van der Waals surface area contributed by atoms with E-state index in [0.29, 0.717) is 5.56 Å². The zero-order valence-corrected chi connectivity index (χ0v) is 19.5. The number of fused-ring (bicyclic) bond motifs is 1. The minimum atomic E-state index is -0.353. The van der Waals surface area contributed by atoms with Crippen LogP contribution in [-0.2, 0) is 5.41 Å². The van der Waals surface area contributed by atoms with Gasteiger partial charge in [0, 0.05) is 22.2 Å². The molecular formula is C31H29NO. The molecule has 1 amide bonds. The Morgan fingerprint density at radius 3 is 1.88 bits per heavy atom. The van der Waals surface area contributed by atoms with Crippen molar-refractivity contribution in [3.63, 3.8) is 0 Å². The van der Waals surface area contributed by atoms with Crippen LogP contribution >= 0.6 is 0 Å². The minimum Gasteiger partial charge on any atom is -0.302 e. The highest BCUT2D eigenvalue weighted by molar-refractivity contribution is 6.08. The first-order valence-corrected chi connectivity index (χ1v) is 11.6. The first kappa shape index (κ1) is 21.2. The summed E-state index contributed by atoms with van der Waals surface area (Å²) < 4.78 is 0. The summed E-state index contributed by atoms with van der Waals surface area (Å²) in [5.74, 6) is 0.0437. The van der Waals surface area contributed by atoms with Gasteiger partial charge >= 0.3 is 0 Å². The largest absolute Gasteiger partial charge is 0.302 e. The number of carbonyl (C=O) groups excluding carboxylic acids is 1. The Hall–Kier alpha value is -3.65. The normalized spacial score (nSPS) is 19.1. The van der Waals surface area contributed by atoms with Crippen molar-refractivity contribution in [2.24, 2.45) is 0 Å². The summed E-state index contributed by atoms with van der Waals surface area (Å²) in [6, 6.07) is 37.3. The lowest BCUT2D eigenvalue weighted by atomic mass is 9.65. The van der Waals surface area contributed by atoms with E-state index in [-0.39, 0.29) is 16.9 Å². The van der Waals surface area contributed by atoms with Crippen molar-refractivity contribution in [2.45, 2.75) is 38.1 Å². The fourth-order valence-corrected chi connectivity index (χ4v) is 5.51. The standard InChI is InChI=1S/C31H29NO/c1-30(2)22-31(3,26-14-8-5-9-15-26)27-16-10-11-17-28(27)32(30)29(33)25-20-18-24(19-21-25)23-12-6-4-7-13-23/h4-21H,22H2,1-3H3. The number of para-hydroxylation sites is 1. The summed E-state index contributed by atoms with van der Waals surface area (Å²) in [7, 11) is 0. The van der Waals surface area contributed by atoms with Gasteiger partial charge in [-0.15, -0.1) is 0 Å². The van der Waals surface area contributed by atoms with Crippen molar-refractivity contribution in [2.75, 3.05) is 4.90 Å². The summed E-state index contributed by atoms with van der Waals surface area (Å²) in [5, 5.41) is 0. The molecule has 0 aliphatic carbocycles. The van der Waals surface area contributed by atoms with Crippen molar-refractivity contribution < 1.29 is 4.79 Å². The molecule has 1 aliphatic rings. The smallest absolute Gasteiger partial charge is 0.258 e. The number of hydrogen-bond acceptors (Lipinski definition) is 1. The van der Waals surface area contributed by atoms with Gasteiger partial charge in [0.1, 0.15) is 0 Å². The van der Waals surface area contributed by atoms with Crippen LogP contribution in [0.4, 0.5) is 5.69 Å². The zero-order valence-electron chi connectivity index (χ0n) is 19.5. The fraction of sp³-hybridized carbons (Fsp3) is 0.194. The summed E-state index contributed by atoms with van der Waals surface area (Å²) in [6.07, 6.45) is 0.842. The monoisotopic (exact) mass is 431 g/mol. The summed E-state index contributed by atoms with van der Waals surface area (Å²) >= 11 is 0. The second-order valence-corrected chi connectivity index (χ2v) is 9.79. The van der Waals surface area contributed by atoms with Gasteiger partial charge in [-0.25, -0.2) is 0 Å². The molecular weight excluding hydrogens is 402 g/mol. The topological polar surface area (TPSA) is 20.3 Å². The minimum absolute atomic E-state index is 0.0437. The van der Waals surface area contributed by atoms with Crippen LogP contribution in [0.3, 0.4) is 0 Å². The van der Waals surface area contributed by atoms with Crippen molar-refractivity contribution in [1.82, 2.24) is 0 Å². The van der Waals surface area contributed by atoms with Gasteiger partial charge in [-0.2, -0.15) is 0 Å². The van der Waals surface area contributed by atoms with Gasteiger partial charge in [-0.05, 0) is 60.7 Å². The molecule has 0 N–H and O–H groups in total. The van der Waals surface area contributed by atoms with Gasteiger partial charge in [0.25, 0.3) is 5.91 Å². The number of rotatable bonds is 3. The molecule has 1 atom stereocenters. The Bertz CT molecular complexity index is 1280. The molecule has 2 nitrogen and oxygen atoms in total. The number of anilines is 1. The fourth-order valence-electron chi connectivity index (χ4n) is 5.51. The second-order valence-electron chi connectivity index (χ2n) is 9.79. The Morgan fingerprint density at radius 2 is 1.21 bits per heavy atom. The van der Waals surface area contributed by atoms with Crippen LogP contribution in [0.1, 0.15) is 48.7 Å². The molecule has 0 radical (unpaired) electrons. The maximum atomic E-state index is 13.9. The van der Waals surface area contributed by atoms with Crippen LogP contribution in [0.15, 0.2) is 109 Å². The van der Waals surface area contributed by atoms with E-state index in [9.17, 15) is 4.79 Å². The van der Waals surface area contributed by atoms with Crippen molar-refractivity contribution in [3.05, 3.63) is 126 Å². The number of carbonyl (C=O) groups is 1. The van der Waals surface area contributed by atoms with Gasteiger partial charge in [0.2, 0.25) is 0 Å². The van der Waals surface area contributed by atoms with E-state index in [2.05, 4.69) is 81.4 Å². The van der Waals surface area contributed by atoms with E-state index in [1.807, 2.05) is 53.4 Å². The van der Waals surface area contributed by atoms with Gasteiger partial charge in [0.15, 0.2) is 0 Å². The molecule has 0 fully saturated rings. The maximum Gasteiger partial charge on any atom is 0.258 e. The second kappa shape index (κ2) is 8.04. The van der Waals surface area contributed by atoms with Crippen molar-refractivity contribution in [1.29, 1.82) is 0 Å². The molecule has 4 aromatic carbocycles. The van der Waals surface area contributed by atoms with Crippen molar-refractivity contribution in [3.8, 4) is 11.1 Å². The van der Waals surface area contributed by atoms with E-state index >= 15 is 0 Å². The molecule has 0 saturated heterocycles. The van der Waals surface area contributed by atoms with E-state index < -0.39 is 0 Å². The quantitative estimate of drug-likeness (QED) is 0.329. The third kappa shape index (κ3) is 3.66. The molecule has 0 aromatic heterocycles. The third-order valence-electron chi connectivity index (χ3n) is 6.98. The molecule has 2 heteroatoms. The predicted molar refractivity (Wildman–Crippen MR) is 137 cm³/mol. The summed E-state index contributed by atoms with van der Waals surface area (Å²) in [6.45, 7) is 6.67. The highest BCUT2D eigenvalue weighted by atomic mass is 16.2. The molecule has 0 spiro atoms. The first-order chi connectivity index (χ1) is 15.9. The zero-order chi connectivity index (χ0) is 23.1. The van der Waals surface area contributed by atoms with E-state index in [4.69, 9.17) is 0 Å². The number of amides is 1. The van der Waals surface area contributed by atoms with Crippen LogP contribution < -0.4 is 4.90 Å². The molecule has 5 rings (SSSR count). The van der Waals surface area contributed by atoms with Gasteiger partial charge in [-0.1, -0.05) is 97.9 Å². The lowest BCUT2D eigenvalue weighted by molar-refractivity contribution is 0.0949. The molecule has 0 saturated carbocycles. The van der Waals surface area contributed by atoms with Gasteiger partial charge < -0.3 is 4.90 Å². The van der Waals surface area contributed by atoms with Crippen LogP contribution in [-0.4, -0.2) is 11.4 Å². The average molecular weight is 432 g/mol. The van der Waals surface area contributed by atoms with Crippen molar-refractivity contribution >= 4 is 11.6 Å². The van der Waals surface area contributed by atoms with Crippen LogP contribution in [0, 0.1) is 0 Å². The summed E-state index contributed by atoms with van der Waals surface area (Å²) in [5.41, 5.74) is 5.93. The van der Waals surface area contributed by atoms with E-state index in [1.54, 1.807) is 0 Å². The molecule has 1 heterocycles. The molecule has 0 bridgehead atoms. The Kier molecular flexibility index (Phi) is 5.17. The SMILES string of the molecule is CC1(c2ccccc2)CC(C)(C)N(C(=O)c2ccc(-c3ccccc3)cc2)c2ccccc21. The van der Waals surface area contributed by atoms with Crippen LogP contribution in [0.25, 0.3) is 11.1 Å². The van der Waals surface area contributed by atoms with Gasteiger partial charge in [0.05, 0.1) is 0 Å². The Morgan fingerprint density at radius 1 is 0.667 bits per heavy atom. The lowest BCUT2D eigenvalue weighted by Gasteiger charge is -2.51. The highest BCUT2D eigenvalue weighted by Crippen LogP contribution is 2.50. The average Bonchev–Trinajstić information content (AvgIpc) is 2.84. The maximum absolute atomic E-state index is 13.9. The number of benzene rings is 4. The third-order valence-corrected chi connectivity index (χ3v) is 6.98. The van der Waals surface area contributed by atoms with Crippen LogP contribution in [0.2, 0.25) is 0 Å². The molecule has 4 aromatic rings. The highest BCUT2D eigenvalue weighted by Gasteiger charge is 2.47. The molecule has 1 aliphatic heterocycles. The Labute approximate surface area is 196 Å². The number of nitrogens with zero attached hydrogens (tertiary/aromatic N) is 1. The Balaban J connectivity index is 1.56. The van der Waals surface area contributed by atoms with E-state index in [0.717, 1.165) is 23.2 Å². The first-order valence-electron chi connectivity index (χ1n) is 11.6. The predicted octanol–water partition coefficient (Wildman–Crippen LogP) is 7.49. The van der Waals surface area contributed by atoms with E-state index in [1.165, 1.54) is 11.1 Å². The number of hydrogen-bond donors (Lipinski definition) is 0. The molecule has 1 unspecified atom stereocenters. The van der Waals surface area contributed by atoms with Crippen LogP contribution in [0.5, 0.6) is 0 Å². The molecule has 33 heavy (non-hydrogen) atoms. The lowest BCUT2D eigenvalue weighted by Crippen LogP contribution is -2.55. The van der Waals surface area contributed by atoms with Gasteiger partial charge in [-0.3, -0.25) is 4.79 Å². The summed E-state index contributed by atoms with van der Waals surface area (Å²) in [4.78, 5) is 15.9.